The van der Waals surface area contributed by atoms with E-state index in [2.05, 4.69) is 0 Å². The lowest BCUT2D eigenvalue weighted by molar-refractivity contribution is 0.0400. The van der Waals surface area contributed by atoms with Crippen LogP contribution >= 0.6 is 12.4 Å². The van der Waals surface area contributed by atoms with Crippen molar-refractivity contribution in [1.29, 1.82) is 0 Å². The van der Waals surface area contributed by atoms with E-state index in [0.29, 0.717) is 5.56 Å². The predicted molar refractivity (Wildman–Crippen MR) is 80.8 cm³/mol. The Morgan fingerprint density at radius 1 is 1.10 bits per heavy atom. The molecule has 0 amide bonds. The predicted octanol–water partition coefficient (Wildman–Crippen LogP) is 2.24. The minimum atomic E-state index is -0.730. The zero-order valence-electron chi connectivity index (χ0n) is 12.5. The number of aliphatic hydroxyl groups is 1. The number of aromatic hydroxyl groups is 1. The van der Waals surface area contributed by atoms with E-state index in [-0.39, 0.29) is 35.1 Å². The maximum Gasteiger partial charge on any atom is 0.200 e. The number of benzene rings is 1. The molecule has 2 atom stereocenters. The lowest BCUT2D eigenvalue weighted by Crippen LogP contribution is -2.36. The maximum atomic E-state index is 10.2. The zero-order chi connectivity index (χ0) is 14.8. The van der Waals surface area contributed by atoms with Crippen molar-refractivity contribution in [2.75, 3.05) is 14.2 Å². The van der Waals surface area contributed by atoms with E-state index in [1.54, 1.807) is 12.1 Å². The second-order valence-corrected chi connectivity index (χ2v) is 5.61. The molecule has 1 aromatic rings. The number of nitrogens with two attached hydrogens (primary N) is 1. The Bertz CT molecular complexity index is 420. The van der Waals surface area contributed by atoms with Gasteiger partial charge in [0.2, 0.25) is 5.75 Å². The number of aliphatic hydroxyl groups excluding tert-OH is 1. The molecule has 116 valence electrons. The van der Waals surface area contributed by atoms with Crippen molar-refractivity contribution in [3.63, 3.8) is 0 Å². The average Bonchev–Trinajstić information content (AvgIpc) is 2.36. The molecule has 1 aromatic carbocycles. The molecule has 0 radical (unpaired) electrons. The molecule has 0 aromatic heterocycles. The molecule has 0 aliphatic carbocycles. The van der Waals surface area contributed by atoms with Crippen molar-refractivity contribution in [3.8, 4) is 17.2 Å². The maximum absolute atomic E-state index is 10.2. The quantitative estimate of drug-likeness (QED) is 0.794. The third kappa shape index (κ3) is 3.91. The summed E-state index contributed by atoms with van der Waals surface area (Å²) < 4.78 is 10.2. The Balaban J connectivity index is 0.00000361. The van der Waals surface area contributed by atoms with E-state index in [1.165, 1.54) is 14.2 Å². The number of methoxy groups -OCH3 is 2. The molecule has 0 aliphatic rings. The van der Waals surface area contributed by atoms with E-state index in [9.17, 15) is 10.2 Å². The van der Waals surface area contributed by atoms with Crippen molar-refractivity contribution >= 4 is 12.4 Å². The summed E-state index contributed by atoms with van der Waals surface area (Å²) in [5.74, 6) is 0.461. The number of rotatable bonds is 4. The van der Waals surface area contributed by atoms with Gasteiger partial charge in [0.1, 0.15) is 0 Å². The third-order valence-electron chi connectivity index (χ3n) is 3.11. The van der Waals surface area contributed by atoms with Crippen LogP contribution in [0.4, 0.5) is 0 Å². The molecule has 0 spiro atoms. The Morgan fingerprint density at radius 3 is 1.80 bits per heavy atom. The van der Waals surface area contributed by atoms with Gasteiger partial charge in [-0.05, 0) is 23.1 Å². The molecule has 0 bridgehead atoms. The highest BCUT2D eigenvalue weighted by Crippen LogP contribution is 2.40. The lowest BCUT2D eigenvalue weighted by atomic mass is 9.82. The molecule has 5 nitrogen and oxygen atoms in total. The summed E-state index contributed by atoms with van der Waals surface area (Å²) in [7, 11) is 2.90. The van der Waals surface area contributed by atoms with Crippen LogP contribution in [0.2, 0.25) is 0 Å². The van der Waals surface area contributed by atoms with Crippen LogP contribution in [0.25, 0.3) is 0 Å². The summed E-state index contributed by atoms with van der Waals surface area (Å²) in [6.07, 6.45) is -0.730. The molecular formula is C14H24ClNO4. The normalized spacial score (nSPS) is 14.2. The van der Waals surface area contributed by atoms with Crippen LogP contribution in [0.5, 0.6) is 17.2 Å². The fourth-order valence-electron chi connectivity index (χ4n) is 1.83. The summed E-state index contributed by atoms with van der Waals surface area (Å²) in [5, 5.41) is 20.1. The summed E-state index contributed by atoms with van der Waals surface area (Å²) in [6.45, 7) is 5.73. The number of hydrogen-bond acceptors (Lipinski definition) is 5. The number of halogens is 1. The van der Waals surface area contributed by atoms with Gasteiger partial charge in [0, 0.05) is 0 Å². The van der Waals surface area contributed by atoms with Crippen molar-refractivity contribution in [3.05, 3.63) is 17.7 Å². The highest BCUT2D eigenvalue weighted by Gasteiger charge is 2.30. The Morgan fingerprint density at radius 2 is 1.50 bits per heavy atom. The molecule has 20 heavy (non-hydrogen) atoms. The summed E-state index contributed by atoms with van der Waals surface area (Å²) in [5.41, 5.74) is 6.38. The van der Waals surface area contributed by atoms with Crippen molar-refractivity contribution in [2.45, 2.75) is 32.9 Å². The first-order valence-corrected chi connectivity index (χ1v) is 6.11. The molecule has 0 aliphatic heterocycles. The first-order valence-electron chi connectivity index (χ1n) is 6.11. The average molecular weight is 306 g/mol. The zero-order valence-corrected chi connectivity index (χ0v) is 13.3. The smallest absolute Gasteiger partial charge is 0.200 e. The van der Waals surface area contributed by atoms with Crippen LogP contribution in [0, 0.1) is 5.41 Å². The number of phenolic OH excluding ortho intramolecular Hbond substituents is 1. The van der Waals surface area contributed by atoms with Crippen LogP contribution in [0.15, 0.2) is 12.1 Å². The number of hydrogen-bond donors (Lipinski definition) is 3. The fraction of sp³-hybridized carbons (Fsp3) is 0.571. The second-order valence-electron chi connectivity index (χ2n) is 5.61. The Hall–Kier alpha value is -1.17. The van der Waals surface area contributed by atoms with Gasteiger partial charge < -0.3 is 25.4 Å². The van der Waals surface area contributed by atoms with Crippen molar-refractivity contribution in [1.82, 2.24) is 0 Å². The van der Waals surface area contributed by atoms with E-state index in [0.717, 1.165) is 0 Å². The summed E-state index contributed by atoms with van der Waals surface area (Å²) in [6, 6.07) is 2.62. The van der Waals surface area contributed by atoms with Crippen LogP contribution in [-0.4, -0.2) is 30.5 Å². The van der Waals surface area contributed by atoms with Crippen molar-refractivity contribution < 1.29 is 19.7 Å². The van der Waals surface area contributed by atoms with Gasteiger partial charge in [-0.25, -0.2) is 0 Å². The molecule has 6 heteroatoms. The molecule has 0 saturated carbocycles. The topological polar surface area (TPSA) is 84.9 Å². The monoisotopic (exact) mass is 305 g/mol. The van der Waals surface area contributed by atoms with E-state index in [1.807, 2.05) is 20.8 Å². The molecule has 0 saturated heterocycles. The summed E-state index contributed by atoms with van der Waals surface area (Å²) >= 11 is 0. The van der Waals surface area contributed by atoms with E-state index >= 15 is 0 Å². The van der Waals surface area contributed by atoms with Gasteiger partial charge in [-0.1, -0.05) is 20.8 Å². The molecule has 0 fully saturated rings. The Kier molecular flexibility index (Phi) is 6.61. The number of ether oxygens (including phenoxy) is 2. The fourth-order valence-corrected chi connectivity index (χ4v) is 1.83. The second kappa shape index (κ2) is 7.02. The van der Waals surface area contributed by atoms with Gasteiger partial charge in [0.25, 0.3) is 0 Å². The highest BCUT2D eigenvalue weighted by atomic mass is 35.5. The van der Waals surface area contributed by atoms with Gasteiger partial charge in [0.15, 0.2) is 11.5 Å². The molecule has 0 unspecified atom stereocenters. The van der Waals surface area contributed by atoms with E-state index in [4.69, 9.17) is 15.2 Å². The Labute approximate surface area is 126 Å². The standard InChI is InChI=1S/C14H23NO4.ClH/c1-14(2,3)13(17)11(15)8-6-9(18-4)12(16)10(7-8)19-5;/h6-7,11,13,16-17H,15H2,1-5H3;1H/t11-,13-;/m1./s1. The third-order valence-corrected chi connectivity index (χ3v) is 3.11. The minimum Gasteiger partial charge on any atom is -0.502 e. The van der Waals surface area contributed by atoms with Crippen LogP contribution in [0.3, 0.4) is 0 Å². The first kappa shape index (κ1) is 18.8. The lowest BCUT2D eigenvalue weighted by Gasteiger charge is -2.31. The van der Waals surface area contributed by atoms with Gasteiger partial charge in [-0.15, -0.1) is 12.4 Å². The van der Waals surface area contributed by atoms with E-state index < -0.39 is 12.1 Å². The van der Waals surface area contributed by atoms with Gasteiger partial charge >= 0.3 is 0 Å². The van der Waals surface area contributed by atoms with Crippen LogP contribution < -0.4 is 15.2 Å². The highest BCUT2D eigenvalue weighted by molar-refractivity contribution is 5.85. The van der Waals surface area contributed by atoms with Crippen LogP contribution in [-0.2, 0) is 0 Å². The van der Waals surface area contributed by atoms with Crippen LogP contribution in [0.1, 0.15) is 32.4 Å². The van der Waals surface area contributed by atoms with Gasteiger partial charge in [-0.2, -0.15) is 0 Å². The molecule has 0 heterocycles. The first-order chi connectivity index (χ1) is 8.72. The molecular weight excluding hydrogens is 282 g/mol. The number of phenols is 1. The molecule has 1 rings (SSSR count). The SMILES string of the molecule is COc1cc([C@@H](N)[C@@H](O)C(C)(C)C)cc(OC)c1O.Cl. The molecule has 4 N–H and O–H groups in total. The van der Waals surface area contributed by atoms with Crippen molar-refractivity contribution in [2.24, 2.45) is 11.1 Å². The minimum absolute atomic E-state index is 0. The van der Waals surface area contributed by atoms with Gasteiger partial charge in [-0.3, -0.25) is 0 Å². The summed E-state index contributed by atoms with van der Waals surface area (Å²) in [4.78, 5) is 0. The largest absolute Gasteiger partial charge is 0.502 e. The van der Waals surface area contributed by atoms with Gasteiger partial charge in [0.05, 0.1) is 26.4 Å².